The van der Waals surface area contributed by atoms with Crippen LogP contribution in [-0.4, -0.2) is 37.0 Å². The highest BCUT2D eigenvalue weighted by atomic mass is 32.2. The number of rotatable bonds is 5. The van der Waals surface area contributed by atoms with Gasteiger partial charge in [-0.15, -0.1) is 17.9 Å². The maximum absolute atomic E-state index is 13.3. The first-order valence-electron chi connectivity index (χ1n) is 10.1. The predicted molar refractivity (Wildman–Crippen MR) is 121 cm³/mol. The van der Waals surface area contributed by atoms with Crippen LogP contribution in [-0.2, 0) is 31.2 Å². The summed E-state index contributed by atoms with van der Waals surface area (Å²) in [5, 5.41) is 5.46. The molecule has 5 rings (SSSR count). The first-order chi connectivity index (χ1) is 14.5. The highest BCUT2D eigenvalue weighted by molar-refractivity contribution is 8.00. The quantitative estimate of drug-likeness (QED) is 0.449. The average molecular weight is 442 g/mol. The molecule has 30 heavy (non-hydrogen) atoms. The molecule has 1 fully saturated rings. The molecule has 1 amide bonds. The lowest BCUT2D eigenvalue weighted by Gasteiger charge is -2.17. The van der Waals surface area contributed by atoms with Crippen LogP contribution in [0.25, 0.3) is 10.2 Å². The Hall–Kier alpha value is -2.39. The number of amides is 1. The molecule has 0 bridgehead atoms. The zero-order chi connectivity index (χ0) is 21.0. The fourth-order valence-corrected chi connectivity index (χ4v) is 6.85. The van der Waals surface area contributed by atoms with Crippen LogP contribution in [0, 0.1) is 6.92 Å². The van der Waals surface area contributed by atoms with Crippen molar-refractivity contribution in [2.45, 2.75) is 49.6 Å². The average Bonchev–Trinajstić information content (AvgIpc) is 3.44. The van der Waals surface area contributed by atoms with Gasteiger partial charge in [0.25, 0.3) is 5.56 Å². The molecular weight excluding hydrogens is 418 g/mol. The molecule has 1 unspecified atom stereocenters. The van der Waals surface area contributed by atoms with E-state index in [1.165, 1.54) is 22.2 Å². The molecule has 1 atom stereocenters. The number of hydrogen-bond acceptors (Lipinski definition) is 6. The molecule has 7 nitrogen and oxygen atoms in total. The smallest absolute Gasteiger partial charge is 0.263 e. The Morgan fingerprint density at radius 1 is 1.37 bits per heavy atom. The number of aryl methyl sites for hydroxylation is 4. The maximum Gasteiger partial charge on any atom is 0.263 e. The topological polar surface area (TPSA) is 73.0 Å². The molecule has 0 radical (unpaired) electrons. The van der Waals surface area contributed by atoms with Crippen LogP contribution in [0.4, 0.5) is 5.82 Å². The van der Waals surface area contributed by atoms with Gasteiger partial charge in [0.05, 0.1) is 16.3 Å². The number of carbonyl (C=O) groups is 1. The van der Waals surface area contributed by atoms with Gasteiger partial charge in [-0.2, -0.15) is 5.10 Å². The monoisotopic (exact) mass is 441 g/mol. The summed E-state index contributed by atoms with van der Waals surface area (Å²) in [5.74, 6) is 0.846. The van der Waals surface area contributed by atoms with Gasteiger partial charge in [-0.05, 0) is 38.2 Å². The fourth-order valence-electron chi connectivity index (χ4n) is 4.41. The highest BCUT2D eigenvalue weighted by Crippen LogP contribution is 2.37. The second-order valence-corrected chi connectivity index (χ2v) is 10.0. The largest absolute Gasteiger partial charge is 0.296 e. The summed E-state index contributed by atoms with van der Waals surface area (Å²) in [6.07, 6.45) is 5.50. The van der Waals surface area contributed by atoms with Crippen molar-refractivity contribution >= 4 is 45.0 Å². The maximum atomic E-state index is 13.3. The molecule has 2 aliphatic rings. The summed E-state index contributed by atoms with van der Waals surface area (Å²) in [6.45, 7) is 6.75. The van der Waals surface area contributed by atoms with Crippen LogP contribution in [0.15, 0.2) is 28.7 Å². The van der Waals surface area contributed by atoms with Crippen LogP contribution in [0.3, 0.4) is 0 Å². The van der Waals surface area contributed by atoms with Gasteiger partial charge < -0.3 is 0 Å². The molecule has 0 N–H and O–H groups in total. The third kappa shape index (κ3) is 3.02. The molecule has 0 saturated carbocycles. The summed E-state index contributed by atoms with van der Waals surface area (Å²) in [5.41, 5.74) is 2.05. The number of aromatic nitrogens is 4. The lowest BCUT2D eigenvalue weighted by molar-refractivity contribution is -0.116. The van der Waals surface area contributed by atoms with Gasteiger partial charge in [0.2, 0.25) is 5.91 Å². The number of anilines is 1. The second kappa shape index (κ2) is 7.39. The van der Waals surface area contributed by atoms with Crippen LogP contribution in [0.5, 0.6) is 0 Å². The lowest BCUT2D eigenvalue weighted by atomic mass is 10.2. The van der Waals surface area contributed by atoms with Crippen molar-refractivity contribution in [1.82, 2.24) is 19.3 Å². The number of nitrogens with zero attached hydrogens (tertiary/aromatic N) is 5. The molecule has 1 aliphatic carbocycles. The van der Waals surface area contributed by atoms with E-state index in [2.05, 4.69) is 11.7 Å². The van der Waals surface area contributed by atoms with Crippen molar-refractivity contribution in [1.29, 1.82) is 0 Å². The number of thioether (sulfide) groups is 1. The summed E-state index contributed by atoms with van der Waals surface area (Å²) in [6, 6.07) is 1.93. The molecule has 0 aromatic carbocycles. The van der Waals surface area contributed by atoms with Gasteiger partial charge in [-0.1, -0.05) is 17.8 Å². The van der Waals surface area contributed by atoms with Crippen LogP contribution in [0.1, 0.15) is 29.0 Å². The Morgan fingerprint density at radius 2 is 2.20 bits per heavy atom. The fraction of sp³-hybridized carbons (Fsp3) is 0.429. The predicted octanol–water partition coefficient (Wildman–Crippen LogP) is 3.07. The Bertz CT molecular complexity index is 1240. The van der Waals surface area contributed by atoms with Crippen LogP contribution in [0.2, 0.25) is 0 Å². The van der Waals surface area contributed by atoms with Gasteiger partial charge in [-0.25, -0.2) is 4.98 Å². The minimum atomic E-state index is -0.271. The first kappa shape index (κ1) is 19.6. The van der Waals surface area contributed by atoms with Crippen molar-refractivity contribution < 1.29 is 4.79 Å². The standard InChI is InChI=1S/C21H23N5O2S2/c1-4-9-26-20(28)17-13-6-5-7-14(13)29-18(17)22-21(26)30-15-8-10-25(19(15)27)16-11-12(2)23-24(16)3/h4,11,15H,1,5-10H2,2-3H3. The molecule has 156 valence electrons. The number of carbonyl (C=O) groups excluding carboxylic acids is 1. The van der Waals surface area contributed by atoms with E-state index < -0.39 is 0 Å². The summed E-state index contributed by atoms with van der Waals surface area (Å²) in [7, 11) is 1.85. The Kier molecular flexibility index (Phi) is 4.82. The SMILES string of the molecule is C=CCn1c(SC2CCN(c3cc(C)nn3C)C2=O)nc2sc3c(c2c1=O)CCC3. The molecule has 3 aromatic rings. The van der Waals surface area contributed by atoms with Gasteiger partial charge in [0.1, 0.15) is 10.6 Å². The summed E-state index contributed by atoms with van der Waals surface area (Å²) >= 11 is 3.03. The van der Waals surface area contributed by atoms with E-state index >= 15 is 0 Å². The Morgan fingerprint density at radius 3 is 2.93 bits per heavy atom. The zero-order valence-electron chi connectivity index (χ0n) is 17.1. The number of thiophene rings is 1. The zero-order valence-corrected chi connectivity index (χ0v) is 18.7. The van der Waals surface area contributed by atoms with Crippen LogP contribution < -0.4 is 10.5 Å². The van der Waals surface area contributed by atoms with E-state index in [1.807, 2.05) is 20.0 Å². The van der Waals surface area contributed by atoms with Gasteiger partial charge in [0, 0.05) is 31.1 Å². The lowest BCUT2D eigenvalue weighted by Crippen LogP contribution is -2.30. The number of fused-ring (bicyclic) bond motifs is 3. The van der Waals surface area contributed by atoms with E-state index in [9.17, 15) is 9.59 Å². The van der Waals surface area contributed by atoms with Crippen molar-refractivity contribution in [2.24, 2.45) is 7.05 Å². The number of allylic oxidation sites excluding steroid dienone is 1. The van der Waals surface area contributed by atoms with Crippen molar-refractivity contribution in [3.63, 3.8) is 0 Å². The summed E-state index contributed by atoms with van der Waals surface area (Å²) in [4.78, 5) is 35.2. The minimum absolute atomic E-state index is 0.00800. The molecular formula is C21H23N5O2S2. The van der Waals surface area contributed by atoms with Crippen molar-refractivity contribution in [3.05, 3.63) is 45.2 Å². The van der Waals surface area contributed by atoms with Crippen molar-refractivity contribution in [2.75, 3.05) is 11.4 Å². The summed E-state index contributed by atoms with van der Waals surface area (Å²) < 4.78 is 3.42. The Labute approximate surface area is 182 Å². The third-order valence-corrected chi connectivity index (χ3v) is 8.19. The second-order valence-electron chi connectivity index (χ2n) is 7.79. The molecule has 0 spiro atoms. The van der Waals surface area contributed by atoms with E-state index in [1.54, 1.807) is 31.6 Å². The minimum Gasteiger partial charge on any atom is -0.296 e. The molecule has 1 aliphatic heterocycles. The molecule has 9 heteroatoms. The van der Waals surface area contributed by atoms with Gasteiger partial charge in [-0.3, -0.25) is 23.7 Å². The first-order valence-corrected chi connectivity index (χ1v) is 11.8. The van der Waals surface area contributed by atoms with E-state index in [-0.39, 0.29) is 16.7 Å². The third-order valence-electron chi connectivity index (χ3n) is 5.76. The highest BCUT2D eigenvalue weighted by Gasteiger charge is 2.36. The Balaban J connectivity index is 1.50. The molecule has 1 saturated heterocycles. The molecule has 3 aromatic heterocycles. The van der Waals surface area contributed by atoms with E-state index in [4.69, 9.17) is 4.98 Å². The van der Waals surface area contributed by atoms with Crippen molar-refractivity contribution in [3.8, 4) is 0 Å². The van der Waals surface area contributed by atoms with E-state index in [0.717, 1.165) is 41.0 Å². The normalized spacial score (nSPS) is 18.5. The van der Waals surface area contributed by atoms with E-state index in [0.29, 0.717) is 24.7 Å². The van der Waals surface area contributed by atoms with Crippen LogP contribution >= 0.6 is 23.1 Å². The number of hydrogen-bond donors (Lipinski definition) is 0. The molecule has 4 heterocycles. The van der Waals surface area contributed by atoms with Gasteiger partial charge >= 0.3 is 0 Å². The van der Waals surface area contributed by atoms with Gasteiger partial charge in [0.15, 0.2) is 5.16 Å².